The number of rotatable bonds is 4. The van der Waals surface area contributed by atoms with Crippen molar-refractivity contribution in [3.63, 3.8) is 0 Å². The lowest BCUT2D eigenvalue weighted by molar-refractivity contribution is 0.293. The predicted molar refractivity (Wildman–Crippen MR) is 121 cm³/mol. The Hall–Kier alpha value is 0.260. The van der Waals surface area contributed by atoms with Crippen LogP contribution in [0, 0.1) is 0 Å². The summed E-state index contributed by atoms with van der Waals surface area (Å²) in [4.78, 5) is 7.17. The van der Waals surface area contributed by atoms with Gasteiger partial charge in [-0.25, -0.2) is 12.7 Å². The molecule has 9 heteroatoms. The van der Waals surface area contributed by atoms with E-state index in [1.165, 1.54) is 32.1 Å². The number of hydrogen-bond donors (Lipinski definition) is 1. The van der Waals surface area contributed by atoms with Gasteiger partial charge in [0.2, 0.25) is 10.0 Å². The Labute approximate surface area is 180 Å². The van der Waals surface area contributed by atoms with Gasteiger partial charge in [0, 0.05) is 43.2 Å². The molecule has 1 aliphatic carbocycles. The molecular formula is C17H33IN4O2S2. The van der Waals surface area contributed by atoms with Crippen LogP contribution in [0.5, 0.6) is 0 Å². The van der Waals surface area contributed by atoms with Gasteiger partial charge in [-0.05, 0) is 26.2 Å². The van der Waals surface area contributed by atoms with E-state index in [0.717, 1.165) is 37.8 Å². The second-order valence-electron chi connectivity index (χ2n) is 7.32. The minimum Gasteiger partial charge on any atom is -0.357 e. The molecule has 2 aliphatic heterocycles. The van der Waals surface area contributed by atoms with Gasteiger partial charge in [0.05, 0.1) is 12.3 Å². The summed E-state index contributed by atoms with van der Waals surface area (Å²) in [5.41, 5.74) is 0. The van der Waals surface area contributed by atoms with Gasteiger partial charge in [0.15, 0.2) is 5.96 Å². The third-order valence-electron chi connectivity index (χ3n) is 5.46. The molecule has 0 bridgehead atoms. The van der Waals surface area contributed by atoms with Crippen LogP contribution in [0.15, 0.2) is 4.99 Å². The van der Waals surface area contributed by atoms with E-state index < -0.39 is 10.0 Å². The normalized spacial score (nSPS) is 25.9. The zero-order valence-electron chi connectivity index (χ0n) is 15.8. The molecule has 1 spiro atoms. The van der Waals surface area contributed by atoms with Crippen molar-refractivity contribution in [1.29, 1.82) is 0 Å². The van der Waals surface area contributed by atoms with Crippen LogP contribution in [-0.2, 0) is 10.0 Å². The summed E-state index contributed by atoms with van der Waals surface area (Å²) in [7, 11) is -3.02. The van der Waals surface area contributed by atoms with Gasteiger partial charge in [0.25, 0.3) is 0 Å². The molecule has 0 aromatic rings. The Balaban J connectivity index is 0.00000243. The molecule has 2 heterocycles. The summed E-state index contributed by atoms with van der Waals surface area (Å²) in [5, 5.41) is 3.42. The zero-order chi connectivity index (χ0) is 17.8. The maximum atomic E-state index is 11.9. The van der Waals surface area contributed by atoms with E-state index in [9.17, 15) is 8.42 Å². The minimum absolute atomic E-state index is 0. The topological polar surface area (TPSA) is 65.0 Å². The second-order valence-corrected chi connectivity index (χ2v) is 11.0. The van der Waals surface area contributed by atoms with E-state index in [-0.39, 0.29) is 24.0 Å². The first-order valence-corrected chi connectivity index (χ1v) is 12.3. The molecule has 0 atom stereocenters. The molecule has 1 N–H and O–H groups in total. The molecular weight excluding hydrogens is 483 g/mol. The lowest BCUT2D eigenvalue weighted by atomic mass is 9.87. The van der Waals surface area contributed by atoms with Crippen LogP contribution >= 0.6 is 35.7 Å². The summed E-state index contributed by atoms with van der Waals surface area (Å²) in [6, 6.07) is 0. The van der Waals surface area contributed by atoms with Crippen molar-refractivity contribution in [1.82, 2.24) is 14.5 Å². The van der Waals surface area contributed by atoms with E-state index in [2.05, 4.69) is 28.9 Å². The van der Waals surface area contributed by atoms with Crippen molar-refractivity contribution in [2.24, 2.45) is 4.99 Å². The number of nitrogens with zero attached hydrogens (tertiary/aromatic N) is 3. The molecule has 3 fully saturated rings. The lowest BCUT2D eigenvalue weighted by Gasteiger charge is -2.45. The molecule has 1 saturated carbocycles. The van der Waals surface area contributed by atoms with Crippen molar-refractivity contribution in [3.05, 3.63) is 0 Å². The van der Waals surface area contributed by atoms with Crippen LogP contribution < -0.4 is 5.32 Å². The highest BCUT2D eigenvalue weighted by Crippen LogP contribution is 2.42. The van der Waals surface area contributed by atoms with Crippen LogP contribution in [0.25, 0.3) is 0 Å². The highest BCUT2D eigenvalue weighted by atomic mass is 127. The molecule has 3 rings (SSSR count). The maximum absolute atomic E-state index is 11.9. The lowest BCUT2D eigenvalue weighted by Crippen LogP contribution is -2.53. The van der Waals surface area contributed by atoms with E-state index >= 15 is 0 Å². The monoisotopic (exact) mass is 516 g/mol. The minimum atomic E-state index is -3.02. The molecule has 0 amide bonds. The van der Waals surface area contributed by atoms with Gasteiger partial charge in [-0.1, -0.05) is 19.3 Å². The Kier molecular flexibility index (Phi) is 8.81. The van der Waals surface area contributed by atoms with Crippen LogP contribution in [-0.4, -0.2) is 79.1 Å². The molecule has 0 aromatic heterocycles. The number of thioether (sulfide) groups is 1. The Bertz CT molecular complexity index is 574. The first-order valence-electron chi connectivity index (χ1n) is 9.70. The Morgan fingerprint density at radius 1 is 1.19 bits per heavy atom. The average Bonchev–Trinajstić information content (AvgIpc) is 2.93. The van der Waals surface area contributed by atoms with Crippen molar-refractivity contribution in [3.8, 4) is 0 Å². The number of aliphatic imine (C=N–C) groups is 1. The van der Waals surface area contributed by atoms with E-state index in [1.807, 2.05) is 0 Å². The molecule has 152 valence electrons. The summed E-state index contributed by atoms with van der Waals surface area (Å²) in [6.45, 7) is 6.74. The number of hydrogen-bond acceptors (Lipinski definition) is 4. The van der Waals surface area contributed by atoms with Crippen molar-refractivity contribution >= 4 is 51.7 Å². The van der Waals surface area contributed by atoms with Crippen LogP contribution in [0.3, 0.4) is 0 Å². The molecule has 26 heavy (non-hydrogen) atoms. The highest BCUT2D eigenvalue weighted by molar-refractivity contribution is 14.0. The van der Waals surface area contributed by atoms with Crippen LogP contribution in [0.1, 0.15) is 45.4 Å². The van der Waals surface area contributed by atoms with Crippen LogP contribution in [0.4, 0.5) is 0 Å². The van der Waals surface area contributed by atoms with Crippen molar-refractivity contribution < 1.29 is 8.42 Å². The third-order valence-corrected chi connectivity index (χ3v) is 8.95. The number of nitrogens with one attached hydrogen (secondary N) is 1. The summed E-state index contributed by atoms with van der Waals surface area (Å²) < 4.78 is 25.8. The third kappa shape index (κ3) is 5.64. The first-order chi connectivity index (χ1) is 12.0. The van der Waals surface area contributed by atoms with Gasteiger partial charge in [0.1, 0.15) is 0 Å². The van der Waals surface area contributed by atoms with Gasteiger partial charge in [-0.2, -0.15) is 11.8 Å². The van der Waals surface area contributed by atoms with Gasteiger partial charge < -0.3 is 10.2 Å². The fraction of sp³-hybridized carbons (Fsp3) is 0.941. The number of guanidine groups is 1. The van der Waals surface area contributed by atoms with Crippen LogP contribution in [0.2, 0.25) is 0 Å². The standard InChI is InChI=1S/C17H32N4O2S2.HI/c1-2-18-16(19-9-11-21-10-6-14-25(21,22)23)20-12-13-24-17(15-20)7-4-3-5-8-17;/h2-15H2,1H3,(H,18,19);1H. The average molecular weight is 517 g/mol. The smallest absolute Gasteiger partial charge is 0.214 e. The van der Waals surface area contributed by atoms with Crippen molar-refractivity contribution in [2.75, 3.05) is 50.8 Å². The second kappa shape index (κ2) is 10.2. The summed E-state index contributed by atoms with van der Waals surface area (Å²) >= 11 is 2.16. The van der Waals surface area contributed by atoms with E-state index in [0.29, 0.717) is 30.1 Å². The van der Waals surface area contributed by atoms with Gasteiger partial charge in [-0.15, -0.1) is 24.0 Å². The van der Waals surface area contributed by atoms with Gasteiger partial charge >= 0.3 is 0 Å². The largest absolute Gasteiger partial charge is 0.357 e. The molecule has 3 aliphatic rings. The van der Waals surface area contributed by atoms with E-state index in [4.69, 9.17) is 4.99 Å². The number of halogens is 1. The first kappa shape index (κ1) is 22.5. The Morgan fingerprint density at radius 2 is 1.96 bits per heavy atom. The molecule has 6 nitrogen and oxygen atoms in total. The fourth-order valence-electron chi connectivity index (χ4n) is 4.16. The molecule has 2 saturated heterocycles. The highest BCUT2D eigenvalue weighted by Gasteiger charge is 2.38. The number of sulfonamides is 1. The predicted octanol–water partition coefficient (Wildman–Crippen LogP) is 2.36. The molecule has 0 radical (unpaired) electrons. The molecule has 0 aromatic carbocycles. The maximum Gasteiger partial charge on any atom is 0.214 e. The Morgan fingerprint density at radius 3 is 2.62 bits per heavy atom. The summed E-state index contributed by atoms with van der Waals surface area (Å²) in [6.07, 6.45) is 7.46. The molecule has 0 unspecified atom stereocenters. The quantitative estimate of drug-likeness (QED) is 0.353. The zero-order valence-corrected chi connectivity index (χ0v) is 19.7. The summed E-state index contributed by atoms with van der Waals surface area (Å²) in [5.74, 6) is 2.41. The fourth-order valence-corrected chi connectivity index (χ4v) is 7.25. The van der Waals surface area contributed by atoms with Gasteiger partial charge in [-0.3, -0.25) is 4.99 Å². The van der Waals surface area contributed by atoms with Crippen molar-refractivity contribution in [2.45, 2.75) is 50.2 Å². The SMILES string of the molecule is CCNC(=NCCN1CCCS1(=O)=O)N1CCSC2(CCCCC2)C1.I. The van der Waals surface area contributed by atoms with E-state index in [1.54, 1.807) is 4.31 Å².